The van der Waals surface area contributed by atoms with Crippen LogP contribution in [-0.2, 0) is 42.2 Å². The van der Waals surface area contributed by atoms with E-state index in [9.17, 15) is 58.6 Å². The minimum absolute atomic E-state index is 0.00375. The molecular weight excluding hydrogens is 990 g/mol. The predicted molar refractivity (Wildman–Crippen MR) is 256 cm³/mol. The molecule has 26 heteroatoms. The van der Waals surface area contributed by atoms with Crippen molar-refractivity contribution in [3.63, 3.8) is 0 Å². The maximum absolute atomic E-state index is 13.2. The van der Waals surface area contributed by atoms with Crippen LogP contribution in [0.2, 0.25) is 0 Å². The van der Waals surface area contributed by atoms with E-state index in [1.807, 2.05) is 0 Å². The third-order valence-electron chi connectivity index (χ3n) is 11.4. The molecule has 72 heavy (non-hydrogen) atoms. The van der Waals surface area contributed by atoms with Gasteiger partial charge in [0.1, 0.15) is 49.2 Å². The van der Waals surface area contributed by atoms with Crippen LogP contribution in [0.1, 0.15) is 45.3 Å². The first kappa shape index (κ1) is 53.4. The summed E-state index contributed by atoms with van der Waals surface area (Å²) >= 11 is 1.08. The number of H-pyrrole nitrogens is 1. The number of aromatic amines is 1. The number of carbonyl (C=O) groups excluding carboxylic acids is 4. The van der Waals surface area contributed by atoms with Crippen molar-refractivity contribution in [3.8, 4) is 28.2 Å². The highest BCUT2D eigenvalue weighted by atomic mass is 32.2. The van der Waals surface area contributed by atoms with Crippen LogP contribution in [0.3, 0.4) is 0 Å². The number of carbonyl (C=O) groups is 5. The van der Waals surface area contributed by atoms with E-state index in [0.717, 1.165) is 28.3 Å². The first-order valence-corrected chi connectivity index (χ1v) is 24.9. The summed E-state index contributed by atoms with van der Waals surface area (Å²) in [6.07, 6.45) is -1.81. The van der Waals surface area contributed by atoms with Gasteiger partial charge in [0, 0.05) is 77.7 Å². The Hall–Kier alpha value is -6.38. The quantitative estimate of drug-likeness (QED) is 0.0200. The van der Waals surface area contributed by atoms with Gasteiger partial charge in [0.05, 0.1) is 50.5 Å². The number of rotatable bonds is 24. The van der Waals surface area contributed by atoms with Crippen molar-refractivity contribution >= 4 is 60.5 Å². The number of phenols is 1. The summed E-state index contributed by atoms with van der Waals surface area (Å²) < 4.78 is 39.7. The third-order valence-corrected chi connectivity index (χ3v) is 14.0. The molecule has 3 aliphatic heterocycles. The number of aromatic hydroxyl groups is 1. The lowest BCUT2D eigenvalue weighted by Crippen LogP contribution is -2.41. The number of nitrogens with zero attached hydrogens (tertiary/aromatic N) is 2. The molecule has 5 atom stereocenters. The highest BCUT2D eigenvalue weighted by molar-refractivity contribution is 8.00. The van der Waals surface area contributed by atoms with Crippen molar-refractivity contribution in [1.29, 1.82) is 0 Å². The van der Waals surface area contributed by atoms with Crippen LogP contribution in [0.15, 0.2) is 79.6 Å². The number of carboxylic acid groups (broad SMARTS) is 1. The zero-order valence-corrected chi connectivity index (χ0v) is 40.4. The van der Waals surface area contributed by atoms with Gasteiger partial charge in [-0.05, 0) is 55.0 Å². The molecule has 4 aliphatic rings. The second kappa shape index (κ2) is 23.9. The molecule has 7 rings (SSSR count). The summed E-state index contributed by atoms with van der Waals surface area (Å²) in [4.78, 5) is 114. The summed E-state index contributed by atoms with van der Waals surface area (Å²) in [7, 11) is -2.77. The molecular formula is C46H51N5O19PS+. The zero-order valence-electron chi connectivity index (χ0n) is 38.7. The Morgan fingerprint density at radius 3 is 2.40 bits per heavy atom. The number of hydrogen-bond acceptors (Lipinski definition) is 19. The van der Waals surface area contributed by atoms with Gasteiger partial charge < -0.3 is 44.6 Å². The Morgan fingerprint density at radius 2 is 1.67 bits per heavy atom. The molecule has 0 spiro atoms. The van der Waals surface area contributed by atoms with Gasteiger partial charge in [-0.3, -0.25) is 43.2 Å². The van der Waals surface area contributed by atoms with Crippen LogP contribution in [0.5, 0.6) is 5.75 Å². The molecule has 0 radical (unpaired) electrons. The minimum Gasteiger partial charge on any atom is -0.508 e. The van der Waals surface area contributed by atoms with Crippen molar-refractivity contribution in [3.05, 3.63) is 109 Å². The number of aromatic nitrogens is 2. The van der Waals surface area contributed by atoms with E-state index in [1.165, 1.54) is 61.7 Å². The Bertz CT molecular complexity index is 2980. The second-order valence-electron chi connectivity index (χ2n) is 16.3. The van der Waals surface area contributed by atoms with Crippen molar-refractivity contribution < 1.29 is 76.4 Å². The molecule has 7 N–H and O–H groups in total. The molecule has 4 heterocycles. The lowest BCUT2D eigenvalue weighted by molar-refractivity contribution is -0.142. The number of carboxylic acids is 1. The van der Waals surface area contributed by atoms with Crippen LogP contribution in [0.4, 0.5) is 0 Å². The Morgan fingerprint density at radius 1 is 0.917 bits per heavy atom. The van der Waals surface area contributed by atoms with E-state index in [0.29, 0.717) is 16.5 Å². The zero-order chi connectivity index (χ0) is 51.7. The standard InChI is InChI=1S/C46H50N5O19PS/c1-25-22-51(46(62)49-42(25)57)40-20-33(54)36(70-40)24-68-71(63,64-2)67-15-16-72-37-21-39(56)50(44(37)59)23-38(55)47-9-11-65-13-14-66-12-10-48-43(58)26-3-6-29(45(60)61)32(17-26)41-30-7-4-27(52)18-34(30)69-35-19-28(53)5-8-31(35)41/h3-8,17-19,22,33,36-37,40,54,63H,9-16,20-21,23-24H2,1-2H3,(H4-,47,48,49,52,53,55,57,58,60,61,62)/p+1/t33?,36-,37?,40-,71?/m1/s1. The van der Waals surface area contributed by atoms with E-state index >= 15 is 0 Å². The number of ether oxygens (including phenoxy) is 3. The number of likely N-dealkylation sites (tertiary alicyclic amines) is 1. The number of thioether (sulfide) groups is 1. The molecule has 2 saturated heterocycles. The van der Waals surface area contributed by atoms with Crippen molar-refractivity contribution in [2.75, 3.05) is 72.1 Å². The van der Waals surface area contributed by atoms with Gasteiger partial charge in [-0.25, -0.2) is 9.59 Å². The Balaban J connectivity index is 0.766. The van der Waals surface area contributed by atoms with Crippen LogP contribution >= 0.6 is 19.9 Å². The highest BCUT2D eigenvalue weighted by Gasteiger charge is 2.47. The fourth-order valence-corrected chi connectivity index (χ4v) is 9.85. The number of aryl methyl sites for hydroxylation is 1. The van der Waals surface area contributed by atoms with Gasteiger partial charge >= 0.3 is 19.8 Å². The molecule has 1 aromatic heterocycles. The normalized spacial score (nSPS) is 18.8. The summed E-state index contributed by atoms with van der Waals surface area (Å²) in [5, 5.41) is 35.6. The van der Waals surface area contributed by atoms with Crippen LogP contribution in [0.25, 0.3) is 33.4 Å². The van der Waals surface area contributed by atoms with Crippen LogP contribution in [-0.4, -0.2) is 154 Å². The summed E-state index contributed by atoms with van der Waals surface area (Å²) in [6, 6.07) is 12.5. The SMILES string of the molecule is CO[P+](O)(OCCSC1CC(=O)N(CC(=O)NCCOCCOCCNC(=O)c2ccc(C(=O)O)c(-c3c4ccc(=O)cc-4oc4cc(O)ccc34)c2)C1=O)OC[C@H]1O[C@@H](n2cc(C)c(=O)[nH]c2=O)CC1O. The van der Waals surface area contributed by atoms with Gasteiger partial charge in [-0.15, -0.1) is 11.8 Å². The molecule has 2 aromatic carbocycles. The number of aromatic carboxylic acids is 1. The maximum Gasteiger partial charge on any atom is 0.572 e. The Kier molecular flexibility index (Phi) is 17.7. The van der Waals surface area contributed by atoms with E-state index in [-0.39, 0.29) is 116 Å². The monoisotopic (exact) mass is 1040 g/mol. The third kappa shape index (κ3) is 13.0. The molecule has 3 unspecified atom stereocenters. The van der Waals surface area contributed by atoms with Gasteiger partial charge in [-0.1, -0.05) is 0 Å². The first-order chi connectivity index (χ1) is 34.4. The number of phenolic OH excluding ortho intramolecular Hbond substituents is 1. The molecule has 1 aliphatic carbocycles. The van der Waals surface area contributed by atoms with Crippen LogP contribution < -0.4 is 27.3 Å². The summed E-state index contributed by atoms with van der Waals surface area (Å²) in [5.41, 5.74) is -0.0730. The molecule has 0 saturated carbocycles. The average molecular weight is 1040 g/mol. The fourth-order valence-electron chi connectivity index (χ4n) is 7.79. The lowest BCUT2D eigenvalue weighted by atomic mass is 9.89. The summed E-state index contributed by atoms with van der Waals surface area (Å²) in [5.74, 6) is -3.25. The van der Waals surface area contributed by atoms with Gasteiger partial charge in [0.15, 0.2) is 5.43 Å². The van der Waals surface area contributed by atoms with E-state index in [4.69, 9.17) is 32.2 Å². The topological polar surface area (TPSA) is 334 Å². The smallest absolute Gasteiger partial charge is 0.508 e. The molecule has 0 bridgehead atoms. The largest absolute Gasteiger partial charge is 0.572 e. The first-order valence-electron chi connectivity index (χ1n) is 22.3. The minimum atomic E-state index is -3.92. The van der Waals surface area contributed by atoms with Gasteiger partial charge in [0.25, 0.3) is 11.5 Å². The maximum atomic E-state index is 13.2. The molecule has 2 fully saturated rings. The summed E-state index contributed by atoms with van der Waals surface area (Å²) in [6.45, 7) is 1.14. The predicted octanol–water partition coefficient (Wildman–Crippen LogP) is 1.57. The van der Waals surface area contributed by atoms with Crippen molar-refractivity contribution in [2.45, 2.75) is 43.5 Å². The fraction of sp³-hybridized carbons (Fsp3) is 0.391. The number of fused-ring (bicyclic) bond motifs is 2. The number of aliphatic hydroxyl groups excluding tert-OH is 1. The van der Waals surface area contributed by atoms with E-state index < -0.39 is 79.2 Å². The number of imide groups is 1. The van der Waals surface area contributed by atoms with E-state index in [2.05, 4.69) is 15.6 Å². The Labute approximate surface area is 413 Å². The number of benzene rings is 3. The van der Waals surface area contributed by atoms with Crippen molar-refractivity contribution in [2.24, 2.45) is 0 Å². The highest BCUT2D eigenvalue weighted by Crippen LogP contribution is 2.57. The second-order valence-corrected chi connectivity index (χ2v) is 19.4. The van der Waals surface area contributed by atoms with E-state index in [1.54, 1.807) is 6.07 Å². The number of nitrogens with one attached hydrogen (secondary N) is 3. The van der Waals surface area contributed by atoms with Gasteiger partial charge in [0.2, 0.25) is 17.7 Å². The molecule has 384 valence electrons. The van der Waals surface area contributed by atoms with Gasteiger partial charge in [-0.2, -0.15) is 18.5 Å². The average Bonchev–Trinajstić information content (AvgIpc) is 3.85. The number of aliphatic hydroxyl groups is 1. The molecule has 24 nitrogen and oxygen atoms in total. The van der Waals surface area contributed by atoms with Crippen LogP contribution in [0, 0.1) is 6.92 Å². The number of hydrogen-bond donors (Lipinski definition) is 7. The molecule has 3 aromatic rings. The molecule has 4 amide bonds. The number of amides is 4. The van der Waals surface area contributed by atoms with Crippen molar-refractivity contribution in [1.82, 2.24) is 25.1 Å². The lowest BCUT2D eigenvalue weighted by Gasteiger charge is -2.18.